The lowest BCUT2D eigenvalue weighted by atomic mass is 10.0. The lowest BCUT2D eigenvalue weighted by molar-refractivity contribution is -0.138. The Morgan fingerprint density at radius 1 is 1.53 bits per heavy atom. The number of carbonyl (C=O) groups is 1. The highest BCUT2D eigenvalue weighted by molar-refractivity contribution is 5.73. The van der Waals surface area contributed by atoms with E-state index in [1.54, 1.807) is 0 Å². The normalized spacial score (nSPS) is 17.1. The van der Waals surface area contributed by atoms with E-state index < -0.39 is 12.0 Å². The first-order valence-electron chi connectivity index (χ1n) is 5.12. The van der Waals surface area contributed by atoms with Crippen molar-refractivity contribution in [2.75, 3.05) is 0 Å². The Hall–Kier alpha value is -1.36. The molecule has 1 aliphatic rings. The number of rotatable bonds is 3. The van der Waals surface area contributed by atoms with Gasteiger partial charge in [0.1, 0.15) is 11.8 Å². The van der Waals surface area contributed by atoms with Gasteiger partial charge in [0.25, 0.3) is 0 Å². The molecule has 0 unspecified atom stereocenters. The summed E-state index contributed by atoms with van der Waals surface area (Å²) < 4.78 is 5.47. The standard InChI is InChI=1S/C10H14N2O3/c11-6(10(13)14)5-9-12-7-3-1-2-4-8(7)15-9/h6H,1-5,11H2,(H,13,14)/t6-/m1/s1. The van der Waals surface area contributed by atoms with Crippen LogP contribution in [0.4, 0.5) is 0 Å². The minimum Gasteiger partial charge on any atom is -0.480 e. The fraction of sp³-hybridized carbons (Fsp3) is 0.600. The molecule has 1 atom stereocenters. The summed E-state index contributed by atoms with van der Waals surface area (Å²) in [6.07, 6.45) is 4.25. The van der Waals surface area contributed by atoms with Crippen LogP contribution >= 0.6 is 0 Å². The van der Waals surface area contributed by atoms with Crippen LogP contribution in [0.1, 0.15) is 30.2 Å². The molecule has 0 fully saturated rings. The average molecular weight is 210 g/mol. The molecule has 1 aromatic rings. The molecular weight excluding hydrogens is 196 g/mol. The van der Waals surface area contributed by atoms with E-state index >= 15 is 0 Å². The number of carboxylic acids is 1. The summed E-state index contributed by atoms with van der Waals surface area (Å²) in [5, 5.41) is 8.65. The van der Waals surface area contributed by atoms with E-state index in [0.29, 0.717) is 5.89 Å². The molecule has 0 saturated heterocycles. The molecule has 3 N–H and O–H groups in total. The van der Waals surface area contributed by atoms with E-state index in [1.807, 2.05) is 0 Å². The third-order valence-corrected chi connectivity index (χ3v) is 2.60. The van der Waals surface area contributed by atoms with Gasteiger partial charge < -0.3 is 15.3 Å². The molecule has 0 bridgehead atoms. The Bertz CT molecular complexity index is 349. The van der Waals surface area contributed by atoms with Crippen molar-refractivity contribution >= 4 is 5.97 Å². The highest BCUT2D eigenvalue weighted by Crippen LogP contribution is 2.21. The molecule has 1 heterocycles. The van der Waals surface area contributed by atoms with Crippen LogP contribution in [0, 0.1) is 0 Å². The number of hydrogen-bond acceptors (Lipinski definition) is 4. The number of oxazole rings is 1. The van der Waals surface area contributed by atoms with Crippen LogP contribution in [-0.2, 0) is 24.1 Å². The van der Waals surface area contributed by atoms with Gasteiger partial charge in [-0.2, -0.15) is 0 Å². The van der Waals surface area contributed by atoms with Crippen molar-refractivity contribution in [2.45, 2.75) is 38.1 Å². The van der Waals surface area contributed by atoms with Gasteiger partial charge in [-0.3, -0.25) is 4.79 Å². The zero-order chi connectivity index (χ0) is 10.8. The van der Waals surface area contributed by atoms with Crippen molar-refractivity contribution in [2.24, 2.45) is 5.73 Å². The maximum Gasteiger partial charge on any atom is 0.321 e. The molecule has 0 aliphatic heterocycles. The first-order chi connectivity index (χ1) is 7.16. The van der Waals surface area contributed by atoms with E-state index in [2.05, 4.69) is 4.98 Å². The number of nitrogens with zero attached hydrogens (tertiary/aromatic N) is 1. The van der Waals surface area contributed by atoms with Crippen molar-refractivity contribution in [1.29, 1.82) is 0 Å². The van der Waals surface area contributed by atoms with Crippen molar-refractivity contribution in [3.63, 3.8) is 0 Å². The lowest BCUT2D eigenvalue weighted by Crippen LogP contribution is -2.32. The van der Waals surface area contributed by atoms with Gasteiger partial charge in [0.05, 0.1) is 12.1 Å². The highest BCUT2D eigenvalue weighted by Gasteiger charge is 2.20. The number of nitrogens with two attached hydrogens (primary N) is 1. The Kier molecular flexibility index (Phi) is 2.73. The van der Waals surface area contributed by atoms with Crippen molar-refractivity contribution < 1.29 is 14.3 Å². The summed E-state index contributed by atoms with van der Waals surface area (Å²) in [5.41, 5.74) is 6.39. The molecule has 0 saturated carbocycles. The topological polar surface area (TPSA) is 89.4 Å². The smallest absolute Gasteiger partial charge is 0.321 e. The molecule has 0 amide bonds. The molecule has 0 spiro atoms. The minimum absolute atomic E-state index is 0.169. The molecule has 82 valence electrons. The van der Waals surface area contributed by atoms with E-state index in [-0.39, 0.29) is 6.42 Å². The second-order valence-electron chi connectivity index (χ2n) is 3.83. The largest absolute Gasteiger partial charge is 0.480 e. The zero-order valence-corrected chi connectivity index (χ0v) is 8.40. The summed E-state index contributed by atoms with van der Waals surface area (Å²) in [4.78, 5) is 14.8. The van der Waals surface area contributed by atoms with E-state index in [1.165, 1.54) is 0 Å². The molecule has 5 heteroatoms. The van der Waals surface area contributed by atoms with Gasteiger partial charge in [0.15, 0.2) is 5.89 Å². The molecular formula is C10H14N2O3. The van der Waals surface area contributed by atoms with E-state index in [9.17, 15) is 4.79 Å². The molecule has 15 heavy (non-hydrogen) atoms. The Morgan fingerprint density at radius 2 is 2.27 bits per heavy atom. The number of hydrogen-bond donors (Lipinski definition) is 2. The Morgan fingerprint density at radius 3 is 2.93 bits per heavy atom. The van der Waals surface area contributed by atoms with Crippen LogP contribution in [0.2, 0.25) is 0 Å². The van der Waals surface area contributed by atoms with Crippen LogP contribution in [0.15, 0.2) is 4.42 Å². The summed E-state index contributed by atoms with van der Waals surface area (Å²) in [5.74, 6) is 0.344. The molecule has 0 radical (unpaired) electrons. The third-order valence-electron chi connectivity index (χ3n) is 2.60. The van der Waals surface area contributed by atoms with Gasteiger partial charge in [-0.05, 0) is 19.3 Å². The zero-order valence-electron chi connectivity index (χ0n) is 8.40. The van der Waals surface area contributed by atoms with E-state index in [0.717, 1.165) is 37.1 Å². The van der Waals surface area contributed by atoms with Gasteiger partial charge in [-0.1, -0.05) is 0 Å². The quantitative estimate of drug-likeness (QED) is 0.758. The van der Waals surface area contributed by atoms with Crippen LogP contribution in [0.3, 0.4) is 0 Å². The first-order valence-corrected chi connectivity index (χ1v) is 5.12. The predicted octanol–water partition coefficient (Wildman–Crippen LogP) is 0.508. The molecule has 0 aromatic carbocycles. The summed E-state index contributed by atoms with van der Waals surface area (Å²) in [6.45, 7) is 0. The maximum atomic E-state index is 10.6. The van der Waals surface area contributed by atoms with Gasteiger partial charge in [0.2, 0.25) is 0 Å². The summed E-state index contributed by atoms with van der Waals surface area (Å²) in [6, 6.07) is -0.926. The SMILES string of the molecule is N[C@H](Cc1nc2c(o1)CCCC2)C(=O)O. The molecule has 2 rings (SSSR count). The number of aryl methyl sites for hydroxylation is 2. The predicted molar refractivity (Wildman–Crippen MR) is 52.5 cm³/mol. The highest BCUT2D eigenvalue weighted by atomic mass is 16.4. The number of aromatic nitrogens is 1. The number of fused-ring (bicyclic) bond motifs is 1. The molecule has 1 aliphatic carbocycles. The maximum absolute atomic E-state index is 10.6. The van der Waals surface area contributed by atoms with Gasteiger partial charge in [0, 0.05) is 6.42 Å². The van der Waals surface area contributed by atoms with Gasteiger partial charge >= 0.3 is 5.97 Å². The number of aliphatic carboxylic acids is 1. The van der Waals surface area contributed by atoms with Crippen molar-refractivity contribution in [3.05, 3.63) is 17.3 Å². The van der Waals surface area contributed by atoms with Gasteiger partial charge in [-0.25, -0.2) is 4.98 Å². The second kappa shape index (κ2) is 4.02. The van der Waals surface area contributed by atoms with Crippen molar-refractivity contribution in [1.82, 2.24) is 4.98 Å². The Labute approximate surface area is 87.3 Å². The van der Waals surface area contributed by atoms with E-state index in [4.69, 9.17) is 15.3 Å². The van der Waals surface area contributed by atoms with Crippen LogP contribution < -0.4 is 5.73 Å². The monoisotopic (exact) mass is 210 g/mol. The van der Waals surface area contributed by atoms with Gasteiger partial charge in [-0.15, -0.1) is 0 Å². The van der Waals surface area contributed by atoms with Crippen LogP contribution in [0.5, 0.6) is 0 Å². The van der Waals surface area contributed by atoms with Crippen LogP contribution in [0.25, 0.3) is 0 Å². The molecule has 1 aromatic heterocycles. The fourth-order valence-electron chi connectivity index (χ4n) is 1.77. The second-order valence-corrected chi connectivity index (χ2v) is 3.83. The summed E-state index contributed by atoms with van der Waals surface area (Å²) in [7, 11) is 0. The molecule has 5 nitrogen and oxygen atoms in total. The van der Waals surface area contributed by atoms with Crippen LogP contribution in [-0.4, -0.2) is 22.1 Å². The van der Waals surface area contributed by atoms with Crippen molar-refractivity contribution in [3.8, 4) is 0 Å². The lowest BCUT2D eigenvalue weighted by Gasteiger charge is -2.05. The average Bonchev–Trinajstić information content (AvgIpc) is 2.59. The first kappa shape index (κ1) is 10.2. The third kappa shape index (κ3) is 2.18. The number of carboxylic acid groups (broad SMARTS) is 1. The fourth-order valence-corrected chi connectivity index (χ4v) is 1.77. The minimum atomic E-state index is -1.02. The summed E-state index contributed by atoms with van der Waals surface area (Å²) >= 11 is 0. The Balaban J connectivity index is 2.09.